The van der Waals surface area contributed by atoms with Crippen LogP contribution in [-0.4, -0.2) is 19.0 Å². The van der Waals surface area contributed by atoms with Crippen molar-refractivity contribution in [1.29, 1.82) is 0 Å². The van der Waals surface area contributed by atoms with Gasteiger partial charge in [0.25, 0.3) is 5.91 Å². The molecule has 4 heteroatoms. The van der Waals surface area contributed by atoms with Gasteiger partial charge in [-0.15, -0.1) is 0 Å². The topological polar surface area (TPSA) is 55.1 Å². The van der Waals surface area contributed by atoms with E-state index in [2.05, 4.69) is 5.32 Å². The third-order valence-electron chi connectivity index (χ3n) is 2.10. The van der Waals surface area contributed by atoms with Gasteiger partial charge < -0.3 is 11.1 Å². The highest BCUT2D eigenvalue weighted by Crippen LogP contribution is 2.16. The van der Waals surface area contributed by atoms with E-state index in [0.717, 1.165) is 12.0 Å². The minimum Gasteiger partial charge on any atom is -0.352 e. The van der Waals surface area contributed by atoms with E-state index in [4.69, 9.17) is 17.3 Å². The van der Waals surface area contributed by atoms with Gasteiger partial charge in [-0.2, -0.15) is 0 Å². The molecule has 3 nitrogen and oxygen atoms in total. The summed E-state index contributed by atoms with van der Waals surface area (Å²) in [4.78, 5) is 11.6. The van der Waals surface area contributed by atoms with Gasteiger partial charge in [0.15, 0.2) is 0 Å². The molecular weight excluding hydrogens is 212 g/mol. The van der Waals surface area contributed by atoms with E-state index in [1.807, 2.05) is 13.0 Å². The molecule has 0 saturated carbocycles. The third kappa shape index (κ3) is 3.53. The van der Waals surface area contributed by atoms with Gasteiger partial charge in [0.1, 0.15) is 0 Å². The maximum Gasteiger partial charge on any atom is 0.251 e. The predicted molar refractivity (Wildman–Crippen MR) is 62.2 cm³/mol. The normalized spacial score (nSPS) is 10.1. The first-order chi connectivity index (χ1) is 7.15. The minimum absolute atomic E-state index is 0.106. The maximum absolute atomic E-state index is 11.6. The summed E-state index contributed by atoms with van der Waals surface area (Å²) in [5, 5.41) is 3.38. The molecule has 15 heavy (non-hydrogen) atoms. The fourth-order valence-corrected chi connectivity index (χ4v) is 1.32. The van der Waals surface area contributed by atoms with Crippen molar-refractivity contribution in [1.82, 2.24) is 5.32 Å². The summed E-state index contributed by atoms with van der Waals surface area (Å²) in [6.07, 6.45) is 0.783. The van der Waals surface area contributed by atoms with E-state index in [0.29, 0.717) is 23.7 Å². The molecule has 0 saturated heterocycles. The second kappa shape index (κ2) is 5.73. The van der Waals surface area contributed by atoms with Crippen LogP contribution in [-0.2, 0) is 0 Å². The monoisotopic (exact) mass is 226 g/mol. The zero-order chi connectivity index (χ0) is 11.3. The number of carbonyl (C=O) groups is 1. The Morgan fingerprint density at radius 3 is 2.87 bits per heavy atom. The van der Waals surface area contributed by atoms with Crippen LogP contribution < -0.4 is 11.1 Å². The molecule has 1 amide bonds. The Balaban J connectivity index is 2.62. The van der Waals surface area contributed by atoms with Gasteiger partial charge in [0, 0.05) is 17.1 Å². The molecule has 0 aliphatic carbocycles. The van der Waals surface area contributed by atoms with E-state index >= 15 is 0 Å². The lowest BCUT2D eigenvalue weighted by Gasteiger charge is -2.05. The highest BCUT2D eigenvalue weighted by atomic mass is 35.5. The number of hydrogen-bond donors (Lipinski definition) is 2. The number of rotatable bonds is 4. The largest absolute Gasteiger partial charge is 0.352 e. The zero-order valence-electron chi connectivity index (χ0n) is 8.72. The van der Waals surface area contributed by atoms with E-state index in [1.165, 1.54) is 0 Å². The van der Waals surface area contributed by atoms with Gasteiger partial charge in [-0.25, -0.2) is 0 Å². The summed E-state index contributed by atoms with van der Waals surface area (Å²) in [5.74, 6) is -0.106. The molecule has 0 heterocycles. The number of halogens is 1. The highest BCUT2D eigenvalue weighted by Gasteiger charge is 2.05. The van der Waals surface area contributed by atoms with Gasteiger partial charge in [-0.05, 0) is 37.6 Å². The Morgan fingerprint density at radius 1 is 1.53 bits per heavy atom. The number of nitrogens with two attached hydrogens (primary N) is 1. The molecule has 0 aliphatic heterocycles. The van der Waals surface area contributed by atoms with E-state index in [1.54, 1.807) is 12.1 Å². The summed E-state index contributed by atoms with van der Waals surface area (Å²) in [7, 11) is 0. The molecule has 0 spiro atoms. The number of hydrogen-bond acceptors (Lipinski definition) is 2. The first-order valence-electron chi connectivity index (χ1n) is 4.89. The Morgan fingerprint density at radius 2 is 2.27 bits per heavy atom. The van der Waals surface area contributed by atoms with Crippen LogP contribution in [0, 0.1) is 6.92 Å². The highest BCUT2D eigenvalue weighted by molar-refractivity contribution is 6.31. The van der Waals surface area contributed by atoms with Crippen LogP contribution in [0.15, 0.2) is 18.2 Å². The lowest BCUT2D eigenvalue weighted by Crippen LogP contribution is -2.25. The predicted octanol–water partition coefficient (Wildman–Crippen LogP) is 1.73. The lowest BCUT2D eigenvalue weighted by molar-refractivity contribution is 0.0953. The number of carbonyl (C=O) groups excluding carboxylic acids is 1. The summed E-state index contributed by atoms with van der Waals surface area (Å²) in [5.41, 5.74) is 6.88. The first kappa shape index (κ1) is 12.0. The van der Waals surface area contributed by atoms with E-state index in [9.17, 15) is 4.79 Å². The fraction of sp³-hybridized carbons (Fsp3) is 0.364. The summed E-state index contributed by atoms with van der Waals surface area (Å²) >= 11 is 5.92. The number of aryl methyl sites for hydroxylation is 1. The fourth-order valence-electron chi connectivity index (χ4n) is 1.14. The number of nitrogens with one attached hydrogen (secondary N) is 1. The number of amides is 1. The van der Waals surface area contributed by atoms with Gasteiger partial charge in [0.2, 0.25) is 0 Å². The standard InChI is InChI=1S/C11H15ClN2O/c1-8-3-4-9(7-10(8)12)11(15)14-6-2-5-13/h3-4,7H,2,5-6,13H2,1H3,(H,14,15). The molecule has 0 fully saturated rings. The zero-order valence-corrected chi connectivity index (χ0v) is 9.47. The molecule has 0 aromatic heterocycles. The van der Waals surface area contributed by atoms with Crippen molar-refractivity contribution in [3.05, 3.63) is 34.3 Å². The molecule has 0 radical (unpaired) electrons. The molecule has 82 valence electrons. The Labute approximate surface area is 94.6 Å². The Hall–Kier alpha value is -1.06. The third-order valence-corrected chi connectivity index (χ3v) is 2.51. The minimum atomic E-state index is -0.106. The smallest absolute Gasteiger partial charge is 0.251 e. The summed E-state index contributed by atoms with van der Waals surface area (Å²) in [6.45, 7) is 3.08. The molecule has 0 bridgehead atoms. The number of benzene rings is 1. The molecule has 1 aromatic carbocycles. The maximum atomic E-state index is 11.6. The molecule has 0 atom stereocenters. The second-order valence-corrected chi connectivity index (χ2v) is 3.77. The Bertz CT molecular complexity index is 352. The molecule has 3 N–H and O–H groups in total. The van der Waals surface area contributed by atoms with Crippen molar-refractivity contribution >= 4 is 17.5 Å². The van der Waals surface area contributed by atoms with Crippen LogP contribution in [0.4, 0.5) is 0 Å². The lowest BCUT2D eigenvalue weighted by atomic mass is 10.1. The van der Waals surface area contributed by atoms with E-state index in [-0.39, 0.29) is 5.91 Å². The molecule has 0 aliphatic rings. The molecule has 1 aromatic rings. The van der Waals surface area contributed by atoms with E-state index < -0.39 is 0 Å². The van der Waals surface area contributed by atoms with Crippen LogP contribution in [0.2, 0.25) is 5.02 Å². The van der Waals surface area contributed by atoms with Crippen molar-refractivity contribution < 1.29 is 4.79 Å². The van der Waals surface area contributed by atoms with Crippen LogP contribution in [0.1, 0.15) is 22.3 Å². The van der Waals surface area contributed by atoms with Crippen LogP contribution in [0.3, 0.4) is 0 Å². The van der Waals surface area contributed by atoms with Crippen molar-refractivity contribution in [3.8, 4) is 0 Å². The van der Waals surface area contributed by atoms with Gasteiger partial charge >= 0.3 is 0 Å². The van der Waals surface area contributed by atoms with Crippen LogP contribution in [0.5, 0.6) is 0 Å². The molecule has 0 unspecified atom stereocenters. The molecular formula is C11H15ClN2O. The van der Waals surface area contributed by atoms with Crippen LogP contribution in [0.25, 0.3) is 0 Å². The average Bonchev–Trinajstić information content (AvgIpc) is 2.22. The van der Waals surface area contributed by atoms with Crippen molar-refractivity contribution in [3.63, 3.8) is 0 Å². The van der Waals surface area contributed by atoms with Crippen molar-refractivity contribution in [2.45, 2.75) is 13.3 Å². The summed E-state index contributed by atoms with van der Waals surface area (Å²) < 4.78 is 0. The van der Waals surface area contributed by atoms with Crippen LogP contribution >= 0.6 is 11.6 Å². The van der Waals surface area contributed by atoms with Gasteiger partial charge in [-0.3, -0.25) is 4.79 Å². The quantitative estimate of drug-likeness (QED) is 0.769. The van der Waals surface area contributed by atoms with Gasteiger partial charge in [-0.1, -0.05) is 17.7 Å². The molecule has 1 rings (SSSR count). The summed E-state index contributed by atoms with van der Waals surface area (Å²) in [6, 6.07) is 5.27. The van der Waals surface area contributed by atoms with Crippen molar-refractivity contribution in [2.24, 2.45) is 5.73 Å². The first-order valence-corrected chi connectivity index (χ1v) is 5.27. The van der Waals surface area contributed by atoms with Gasteiger partial charge in [0.05, 0.1) is 0 Å². The van der Waals surface area contributed by atoms with Crippen molar-refractivity contribution in [2.75, 3.05) is 13.1 Å². The Kier molecular flexibility index (Phi) is 4.59. The average molecular weight is 227 g/mol. The second-order valence-electron chi connectivity index (χ2n) is 3.36. The SMILES string of the molecule is Cc1ccc(C(=O)NCCCN)cc1Cl.